The van der Waals surface area contributed by atoms with Crippen LogP contribution in [0.2, 0.25) is 0 Å². The van der Waals surface area contributed by atoms with Gasteiger partial charge in [-0.1, -0.05) is 19.4 Å². The van der Waals surface area contributed by atoms with Crippen LogP contribution >= 0.6 is 0 Å². The Bertz CT molecular complexity index is 1010. The van der Waals surface area contributed by atoms with Crippen molar-refractivity contribution in [3.05, 3.63) is 48.0 Å². The first kappa shape index (κ1) is 24.1. The summed E-state index contributed by atoms with van der Waals surface area (Å²) in [6.07, 6.45) is 3.22. The first-order valence-electron chi connectivity index (χ1n) is 10.9. The van der Waals surface area contributed by atoms with Crippen molar-refractivity contribution in [2.24, 2.45) is 5.92 Å². The van der Waals surface area contributed by atoms with Gasteiger partial charge in [-0.05, 0) is 74.3 Å². The predicted octanol–water partition coefficient (Wildman–Crippen LogP) is 4.00. The standard InChI is InChI=1S/C24H31NO6S/c1-3-4-15-31-20-6-8-21(9-7-20)32(28,29)23-10-5-18(16-22(23)30-2)17-25-13-11-19(12-14-25)24(26)27/h5-10,16,19H,3-4,11-15,17H2,1-2H3,(H,26,27). The van der Waals surface area contributed by atoms with Crippen molar-refractivity contribution in [1.82, 2.24) is 4.90 Å². The number of carboxylic acids is 1. The molecule has 0 aliphatic carbocycles. The fraction of sp³-hybridized carbons (Fsp3) is 0.458. The highest BCUT2D eigenvalue weighted by Gasteiger charge is 2.26. The minimum Gasteiger partial charge on any atom is -0.495 e. The van der Waals surface area contributed by atoms with Crippen LogP contribution in [0.15, 0.2) is 52.3 Å². The van der Waals surface area contributed by atoms with Crippen LogP contribution < -0.4 is 9.47 Å². The number of methoxy groups -OCH3 is 1. The van der Waals surface area contributed by atoms with Gasteiger partial charge in [0, 0.05) is 6.54 Å². The van der Waals surface area contributed by atoms with Gasteiger partial charge in [0.25, 0.3) is 0 Å². The molecule has 8 heteroatoms. The lowest BCUT2D eigenvalue weighted by atomic mass is 9.97. The number of carbonyl (C=O) groups is 1. The number of piperidine rings is 1. The Labute approximate surface area is 189 Å². The summed E-state index contributed by atoms with van der Waals surface area (Å²) in [4.78, 5) is 13.6. The Kier molecular flexibility index (Phi) is 8.15. The molecule has 0 saturated carbocycles. The van der Waals surface area contributed by atoms with Gasteiger partial charge in [-0.2, -0.15) is 0 Å². The molecule has 0 spiro atoms. The minimum atomic E-state index is -3.75. The topological polar surface area (TPSA) is 93.1 Å². The maximum absolute atomic E-state index is 13.2. The fourth-order valence-corrected chi connectivity index (χ4v) is 5.21. The molecule has 0 radical (unpaired) electrons. The summed E-state index contributed by atoms with van der Waals surface area (Å²) >= 11 is 0. The van der Waals surface area contributed by atoms with Crippen LogP contribution in [-0.4, -0.2) is 51.2 Å². The lowest BCUT2D eigenvalue weighted by Gasteiger charge is -2.30. The molecular weight excluding hydrogens is 430 g/mol. The summed E-state index contributed by atoms with van der Waals surface area (Å²) in [5.41, 5.74) is 0.925. The fourth-order valence-electron chi connectivity index (χ4n) is 3.80. The zero-order chi connectivity index (χ0) is 23.1. The lowest BCUT2D eigenvalue weighted by molar-refractivity contribution is -0.143. The number of carboxylic acid groups (broad SMARTS) is 1. The molecule has 1 heterocycles. The average molecular weight is 462 g/mol. The molecule has 2 aromatic rings. The van der Waals surface area contributed by atoms with Gasteiger partial charge in [0.1, 0.15) is 16.4 Å². The van der Waals surface area contributed by atoms with Gasteiger partial charge >= 0.3 is 5.97 Å². The Morgan fingerprint density at radius 2 is 1.81 bits per heavy atom. The molecule has 1 aliphatic rings. The van der Waals surface area contributed by atoms with E-state index in [0.29, 0.717) is 50.6 Å². The van der Waals surface area contributed by atoms with Gasteiger partial charge in [-0.15, -0.1) is 0 Å². The van der Waals surface area contributed by atoms with Gasteiger partial charge in [0.05, 0.1) is 24.5 Å². The average Bonchev–Trinajstić information content (AvgIpc) is 2.79. The van der Waals surface area contributed by atoms with E-state index in [1.807, 2.05) is 0 Å². The third-order valence-electron chi connectivity index (χ3n) is 5.76. The zero-order valence-corrected chi connectivity index (χ0v) is 19.4. The summed E-state index contributed by atoms with van der Waals surface area (Å²) in [5, 5.41) is 9.15. The van der Waals surface area contributed by atoms with Crippen molar-refractivity contribution >= 4 is 15.8 Å². The zero-order valence-electron chi connectivity index (χ0n) is 18.6. The normalized spacial score (nSPS) is 15.4. The van der Waals surface area contributed by atoms with Crippen LogP contribution in [0.5, 0.6) is 11.5 Å². The van der Waals surface area contributed by atoms with E-state index in [2.05, 4.69) is 11.8 Å². The largest absolute Gasteiger partial charge is 0.495 e. The second-order valence-electron chi connectivity index (χ2n) is 8.05. The number of hydrogen-bond acceptors (Lipinski definition) is 6. The van der Waals surface area contributed by atoms with E-state index in [4.69, 9.17) is 14.6 Å². The Balaban J connectivity index is 1.73. The highest BCUT2D eigenvalue weighted by Crippen LogP contribution is 2.32. The quantitative estimate of drug-likeness (QED) is 0.535. The summed E-state index contributed by atoms with van der Waals surface area (Å²) in [5.74, 6) is -0.0734. The number of likely N-dealkylation sites (tertiary alicyclic amines) is 1. The Morgan fingerprint density at radius 1 is 1.12 bits per heavy atom. The van der Waals surface area contributed by atoms with E-state index >= 15 is 0 Å². The number of aliphatic carboxylic acids is 1. The molecular formula is C24H31NO6S. The monoisotopic (exact) mass is 461 g/mol. The Morgan fingerprint density at radius 3 is 2.41 bits per heavy atom. The first-order valence-corrected chi connectivity index (χ1v) is 12.4. The predicted molar refractivity (Wildman–Crippen MR) is 121 cm³/mol. The van der Waals surface area contributed by atoms with E-state index < -0.39 is 15.8 Å². The van der Waals surface area contributed by atoms with E-state index in [1.165, 1.54) is 7.11 Å². The van der Waals surface area contributed by atoms with Crippen LogP contribution in [0.25, 0.3) is 0 Å². The minimum absolute atomic E-state index is 0.119. The maximum atomic E-state index is 13.2. The van der Waals surface area contributed by atoms with Crippen molar-refractivity contribution in [2.75, 3.05) is 26.8 Å². The van der Waals surface area contributed by atoms with Gasteiger partial charge in [-0.3, -0.25) is 9.69 Å². The van der Waals surface area contributed by atoms with Crippen molar-refractivity contribution < 1.29 is 27.8 Å². The molecule has 0 bridgehead atoms. The SMILES string of the molecule is CCCCOc1ccc(S(=O)(=O)c2ccc(CN3CCC(C(=O)O)CC3)cc2OC)cc1. The third-order valence-corrected chi connectivity index (χ3v) is 7.57. The highest BCUT2D eigenvalue weighted by atomic mass is 32.2. The van der Waals surface area contributed by atoms with Crippen LogP contribution in [0.1, 0.15) is 38.2 Å². The van der Waals surface area contributed by atoms with E-state index in [9.17, 15) is 13.2 Å². The molecule has 3 rings (SSSR count). The molecule has 32 heavy (non-hydrogen) atoms. The van der Waals surface area contributed by atoms with Crippen LogP contribution in [0, 0.1) is 5.92 Å². The number of hydrogen-bond donors (Lipinski definition) is 1. The van der Waals surface area contributed by atoms with Gasteiger partial charge in [-0.25, -0.2) is 8.42 Å². The second-order valence-corrected chi connectivity index (χ2v) is 9.97. The molecule has 0 atom stereocenters. The first-order chi connectivity index (χ1) is 15.3. The number of nitrogens with zero attached hydrogens (tertiary/aromatic N) is 1. The van der Waals surface area contributed by atoms with Crippen molar-refractivity contribution in [2.45, 2.75) is 48.9 Å². The van der Waals surface area contributed by atoms with Crippen LogP contribution in [-0.2, 0) is 21.2 Å². The smallest absolute Gasteiger partial charge is 0.306 e. The molecule has 1 N–H and O–H groups in total. The molecule has 0 amide bonds. The molecule has 2 aromatic carbocycles. The Hall–Kier alpha value is -2.58. The van der Waals surface area contributed by atoms with Gasteiger partial charge in [0.2, 0.25) is 9.84 Å². The highest BCUT2D eigenvalue weighted by molar-refractivity contribution is 7.91. The lowest BCUT2D eigenvalue weighted by Crippen LogP contribution is -2.35. The second kappa shape index (κ2) is 10.8. The molecule has 174 valence electrons. The van der Waals surface area contributed by atoms with Crippen molar-refractivity contribution in [3.63, 3.8) is 0 Å². The van der Waals surface area contributed by atoms with Crippen LogP contribution in [0.3, 0.4) is 0 Å². The number of sulfone groups is 1. The van der Waals surface area contributed by atoms with Crippen molar-refractivity contribution in [3.8, 4) is 11.5 Å². The van der Waals surface area contributed by atoms with Crippen LogP contribution in [0.4, 0.5) is 0 Å². The molecule has 0 unspecified atom stereocenters. The molecule has 7 nitrogen and oxygen atoms in total. The summed E-state index contributed by atoms with van der Waals surface area (Å²) in [7, 11) is -2.29. The van der Waals surface area contributed by atoms with E-state index in [-0.39, 0.29) is 15.7 Å². The number of ether oxygens (including phenoxy) is 2. The van der Waals surface area contributed by atoms with Gasteiger partial charge < -0.3 is 14.6 Å². The maximum Gasteiger partial charge on any atom is 0.306 e. The summed E-state index contributed by atoms with van der Waals surface area (Å²) in [6, 6.07) is 11.6. The van der Waals surface area contributed by atoms with Gasteiger partial charge in [0.15, 0.2) is 0 Å². The third kappa shape index (κ3) is 5.81. The number of unbranched alkanes of at least 4 members (excludes halogenated alkanes) is 1. The number of rotatable bonds is 10. The van der Waals surface area contributed by atoms with E-state index in [1.54, 1.807) is 42.5 Å². The molecule has 1 aliphatic heterocycles. The summed E-state index contributed by atoms with van der Waals surface area (Å²) < 4.78 is 37.4. The van der Waals surface area contributed by atoms with Crippen molar-refractivity contribution in [1.29, 1.82) is 0 Å². The van der Waals surface area contributed by atoms with E-state index in [0.717, 1.165) is 18.4 Å². The summed E-state index contributed by atoms with van der Waals surface area (Å²) in [6.45, 7) is 4.70. The molecule has 1 fully saturated rings. The number of benzene rings is 2. The molecule has 1 saturated heterocycles. The molecule has 0 aromatic heterocycles.